The molecule has 212 valence electrons. The first-order chi connectivity index (χ1) is 19.7. The number of hydrogen-bond donors (Lipinski definition) is 3. The van der Waals surface area contributed by atoms with Crippen LogP contribution in [0.15, 0.2) is 58.8 Å². The van der Waals surface area contributed by atoms with Crippen LogP contribution in [0, 0.1) is 17.6 Å². The number of hydrogen-bond acceptors (Lipinski definition) is 7. The third kappa shape index (κ3) is 6.72. The second-order valence-electron chi connectivity index (χ2n) is 9.73. The molecule has 3 aromatic rings. The van der Waals surface area contributed by atoms with E-state index in [-0.39, 0.29) is 21.7 Å². The Labute approximate surface area is 248 Å². The van der Waals surface area contributed by atoms with Gasteiger partial charge < -0.3 is 15.7 Å². The van der Waals surface area contributed by atoms with Crippen LogP contribution in [0.2, 0.25) is 0 Å². The summed E-state index contributed by atoms with van der Waals surface area (Å²) in [6, 6.07) is 10.4. The highest BCUT2D eigenvalue weighted by Gasteiger charge is 2.41. The molecule has 0 spiro atoms. The van der Waals surface area contributed by atoms with Gasteiger partial charge in [-0.1, -0.05) is 30.0 Å². The van der Waals surface area contributed by atoms with E-state index in [0.29, 0.717) is 28.1 Å². The third-order valence-electron chi connectivity index (χ3n) is 7.00. The van der Waals surface area contributed by atoms with Crippen molar-refractivity contribution in [3.63, 3.8) is 0 Å². The molecule has 0 bridgehead atoms. The van der Waals surface area contributed by atoms with E-state index in [2.05, 4.69) is 10.6 Å². The van der Waals surface area contributed by atoms with Crippen molar-refractivity contribution >= 4 is 69.2 Å². The van der Waals surface area contributed by atoms with Crippen molar-refractivity contribution in [1.82, 2.24) is 10.2 Å². The zero-order chi connectivity index (χ0) is 29.1. The fourth-order valence-electron chi connectivity index (χ4n) is 4.82. The van der Waals surface area contributed by atoms with Crippen LogP contribution >= 0.6 is 35.3 Å². The van der Waals surface area contributed by atoms with Crippen LogP contribution in [0.25, 0.3) is 17.2 Å². The minimum atomic E-state index is -1.07. The predicted molar refractivity (Wildman–Crippen MR) is 161 cm³/mol. The van der Waals surface area contributed by atoms with Gasteiger partial charge in [0.05, 0.1) is 10.5 Å². The SMILES string of the molecule is O=C(O)c1ccc(NC(=O)[C@H](CC2CCNCC2)N2C(=O)C(=Cc3cc(-c4ccc(F)c(F)c4)cs3)SC2=S)cc1. The number of carboxylic acid groups (broad SMARTS) is 1. The summed E-state index contributed by atoms with van der Waals surface area (Å²) < 4.78 is 27.3. The van der Waals surface area contributed by atoms with Gasteiger partial charge in [0.2, 0.25) is 5.91 Å². The lowest BCUT2D eigenvalue weighted by molar-refractivity contribution is -0.130. The summed E-state index contributed by atoms with van der Waals surface area (Å²) in [7, 11) is 0. The summed E-state index contributed by atoms with van der Waals surface area (Å²) in [5.74, 6) is -3.50. The number of halogens is 2. The molecule has 3 heterocycles. The van der Waals surface area contributed by atoms with Crippen molar-refractivity contribution in [3.05, 3.63) is 80.9 Å². The van der Waals surface area contributed by atoms with E-state index in [0.717, 1.165) is 54.7 Å². The van der Waals surface area contributed by atoms with E-state index in [4.69, 9.17) is 17.3 Å². The minimum absolute atomic E-state index is 0.0950. The molecule has 1 atom stereocenters. The van der Waals surface area contributed by atoms with Crippen molar-refractivity contribution in [2.75, 3.05) is 18.4 Å². The second-order valence-corrected chi connectivity index (χ2v) is 12.4. The van der Waals surface area contributed by atoms with Gasteiger partial charge in [-0.25, -0.2) is 13.6 Å². The van der Waals surface area contributed by atoms with Gasteiger partial charge >= 0.3 is 5.97 Å². The number of nitrogens with one attached hydrogen (secondary N) is 2. The molecule has 0 unspecified atom stereocenters. The largest absolute Gasteiger partial charge is 0.478 e. The number of anilines is 1. The van der Waals surface area contributed by atoms with E-state index in [1.54, 1.807) is 17.5 Å². The molecule has 2 aliphatic heterocycles. The lowest BCUT2D eigenvalue weighted by Gasteiger charge is -2.31. The standard InChI is InChI=1S/C29H25F2N3O4S3/c30-22-6-3-18(13-23(22)31)19-12-21(40-15-19)14-25-27(36)34(29(39)41-25)24(11-16-7-9-32-10-8-16)26(35)33-20-4-1-17(2-5-20)28(37)38/h1-6,12-16,24,32H,7-11H2,(H,33,35)(H,37,38)/t24-/m0/s1. The molecular weight excluding hydrogens is 589 g/mol. The molecule has 12 heteroatoms. The normalized spacial score (nSPS) is 17.7. The summed E-state index contributed by atoms with van der Waals surface area (Å²) in [5.41, 5.74) is 1.72. The number of nitrogens with zero attached hydrogens (tertiary/aromatic N) is 1. The molecule has 7 nitrogen and oxygen atoms in total. The molecule has 3 N–H and O–H groups in total. The van der Waals surface area contributed by atoms with E-state index >= 15 is 0 Å². The van der Waals surface area contributed by atoms with Gasteiger partial charge in [-0.15, -0.1) is 11.3 Å². The Bertz CT molecular complexity index is 1530. The zero-order valence-corrected chi connectivity index (χ0v) is 24.0. The first-order valence-electron chi connectivity index (χ1n) is 12.9. The van der Waals surface area contributed by atoms with Crippen LogP contribution in [0.3, 0.4) is 0 Å². The Morgan fingerprint density at radius 2 is 1.83 bits per heavy atom. The Balaban J connectivity index is 1.37. The quantitative estimate of drug-likeness (QED) is 0.212. The molecule has 0 saturated carbocycles. The molecular formula is C29H25F2N3O4S3. The van der Waals surface area contributed by atoms with Crippen LogP contribution in [0.4, 0.5) is 14.5 Å². The van der Waals surface area contributed by atoms with Gasteiger partial charge in [0.1, 0.15) is 10.4 Å². The number of piperidine rings is 1. The number of thioether (sulfide) groups is 1. The molecule has 0 aliphatic carbocycles. The number of thiocarbonyl (C=S) groups is 1. The van der Waals surface area contributed by atoms with E-state index in [1.165, 1.54) is 46.6 Å². The van der Waals surface area contributed by atoms with E-state index in [1.807, 2.05) is 0 Å². The fourth-order valence-corrected chi connectivity index (χ4v) is 7.09. The topological polar surface area (TPSA) is 98.7 Å². The van der Waals surface area contributed by atoms with Crippen LogP contribution in [-0.2, 0) is 9.59 Å². The molecule has 5 rings (SSSR count). The average molecular weight is 614 g/mol. The van der Waals surface area contributed by atoms with Crippen molar-refractivity contribution < 1.29 is 28.3 Å². The molecule has 2 aromatic carbocycles. The Morgan fingerprint density at radius 3 is 2.51 bits per heavy atom. The lowest BCUT2D eigenvalue weighted by atomic mass is 9.90. The monoisotopic (exact) mass is 613 g/mol. The first kappa shape index (κ1) is 29.1. The maximum Gasteiger partial charge on any atom is 0.335 e. The predicted octanol–water partition coefficient (Wildman–Crippen LogP) is 5.99. The molecule has 2 amide bonds. The Morgan fingerprint density at radius 1 is 1.10 bits per heavy atom. The van der Waals surface area contributed by atoms with Gasteiger partial charge in [-0.05, 0) is 103 Å². The smallest absolute Gasteiger partial charge is 0.335 e. The van der Waals surface area contributed by atoms with Crippen molar-refractivity contribution in [2.24, 2.45) is 5.92 Å². The van der Waals surface area contributed by atoms with Crippen molar-refractivity contribution in [1.29, 1.82) is 0 Å². The van der Waals surface area contributed by atoms with Crippen LogP contribution in [0.5, 0.6) is 0 Å². The van der Waals surface area contributed by atoms with E-state index in [9.17, 15) is 23.2 Å². The van der Waals surface area contributed by atoms with Gasteiger partial charge in [0, 0.05) is 10.6 Å². The maximum absolute atomic E-state index is 13.7. The molecule has 2 saturated heterocycles. The number of benzene rings is 2. The number of carbonyl (C=O) groups excluding carboxylic acids is 2. The maximum atomic E-state index is 13.7. The Kier molecular flexibility index (Phi) is 8.93. The summed E-state index contributed by atoms with van der Waals surface area (Å²) in [4.78, 5) is 40.9. The average Bonchev–Trinajstić information content (AvgIpc) is 3.53. The highest BCUT2D eigenvalue weighted by molar-refractivity contribution is 8.26. The third-order valence-corrected chi connectivity index (χ3v) is 9.21. The highest BCUT2D eigenvalue weighted by atomic mass is 32.2. The highest BCUT2D eigenvalue weighted by Crippen LogP contribution is 2.38. The molecule has 2 aliphatic rings. The summed E-state index contributed by atoms with van der Waals surface area (Å²) >= 11 is 8.05. The van der Waals surface area contributed by atoms with Crippen LogP contribution in [-0.4, -0.2) is 51.2 Å². The number of thiophene rings is 1. The summed E-state index contributed by atoms with van der Waals surface area (Å²) in [6.07, 6.45) is 3.85. The second kappa shape index (κ2) is 12.6. The number of carboxylic acids is 1. The van der Waals surface area contributed by atoms with Gasteiger partial charge in [-0.3, -0.25) is 14.5 Å². The lowest BCUT2D eigenvalue weighted by Crippen LogP contribution is -2.48. The van der Waals surface area contributed by atoms with Crippen molar-refractivity contribution in [2.45, 2.75) is 25.3 Å². The zero-order valence-electron chi connectivity index (χ0n) is 21.6. The van der Waals surface area contributed by atoms with Gasteiger partial charge in [0.15, 0.2) is 11.6 Å². The molecule has 1 aromatic heterocycles. The van der Waals surface area contributed by atoms with Crippen molar-refractivity contribution in [3.8, 4) is 11.1 Å². The first-order valence-corrected chi connectivity index (χ1v) is 15.0. The minimum Gasteiger partial charge on any atom is -0.478 e. The Hall–Kier alpha value is -3.45. The number of carbonyl (C=O) groups is 3. The number of amides is 2. The number of rotatable bonds is 8. The molecule has 2 fully saturated rings. The van der Waals surface area contributed by atoms with E-state index < -0.39 is 29.6 Å². The molecule has 41 heavy (non-hydrogen) atoms. The summed E-state index contributed by atoms with van der Waals surface area (Å²) in [5, 5.41) is 17.1. The van der Waals surface area contributed by atoms with Gasteiger partial charge in [0.25, 0.3) is 5.91 Å². The number of aromatic carboxylic acids is 1. The van der Waals surface area contributed by atoms with Crippen LogP contribution in [0.1, 0.15) is 34.5 Å². The fraction of sp³-hybridized carbons (Fsp3) is 0.241. The van der Waals surface area contributed by atoms with Gasteiger partial charge in [-0.2, -0.15) is 0 Å². The summed E-state index contributed by atoms with van der Waals surface area (Å²) in [6.45, 7) is 1.65. The van der Waals surface area contributed by atoms with Crippen LogP contribution < -0.4 is 10.6 Å². The molecule has 0 radical (unpaired) electrons.